The van der Waals surface area contributed by atoms with Crippen LogP contribution in [-0.2, 0) is 13.1 Å². The number of fused-ring (bicyclic) bond motifs is 2. The van der Waals surface area contributed by atoms with Gasteiger partial charge in [0.15, 0.2) is 11.6 Å². The van der Waals surface area contributed by atoms with Crippen LogP contribution in [0.3, 0.4) is 0 Å². The Morgan fingerprint density at radius 3 is 2.59 bits per heavy atom. The molecule has 5 aromatic rings. The maximum Gasteiger partial charge on any atom is 0.254 e. The third-order valence-corrected chi connectivity index (χ3v) is 5.85. The molecule has 156 valence electrons. The zero-order valence-corrected chi connectivity index (χ0v) is 17.2. The molecule has 0 fully saturated rings. The van der Waals surface area contributed by atoms with Crippen LogP contribution in [-0.4, -0.2) is 37.1 Å². The van der Waals surface area contributed by atoms with Gasteiger partial charge in [-0.25, -0.2) is 4.98 Å². The molecule has 0 aliphatic carbocycles. The summed E-state index contributed by atoms with van der Waals surface area (Å²) in [6, 6.07) is 21.5. The van der Waals surface area contributed by atoms with Crippen LogP contribution < -0.4 is 0 Å². The van der Waals surface area contributed by atoms with E-state index in [2.05, 4.69) is 14.8 Å². The summed E-state index contributed by atoms with van der Waals surface area (Å²) in [5.74, 6) is 1.50. The van der Waals surface area contributed by atoms with E-state index in [-0.39, 0.29) is 5.91 Å². The normalized spacial score (nSPS) is 13.3. The van der Waals surface area contributed by atoms with Crippen molar-refractivity contribution >= 4 is 16.8 Å². The van der Waals surface area contributed by atoms with E-state index in [1.807, 2.05) is 71.6 Å². The number of nitrogens with zero attached hydrogens (tertiary/aromatic N) is 5. The lowest BCUT2D eigenvalue weighted by atomic mass is 10.1. The number of para-hydroxylation sites is 1. The second-order valence-corrected chi connectivity index (χ2v) is 7.80. The Labute approximate surface area is 184 Å². The van der Waals surface area contributed by atoms with Crippen molar-refractivity contribution in [1.29, 1.82) is 0 Å². The Morgan fingerprint density at radius 1 is 0.875 bits per heavy atom. The van der Waals surface area contributed by atoms with E-state index >= 15 is 0 Å². The largest absolute Gasteiger partial charge is 0.472 e. The van der Waals surface area contributed by atoms with E-state index in [0.717, 1.165) is 39.4 Å². The first-order chi connectivity index (χ1) is 15.8. The van der Waals surface area contributed by atoms with Gasteiger partial charge in [-0.3, -0.25) is 4.79 Å². The number of hydrogen-bond acceptors (Lipinski definition) is 5. The summed E-state index contributed by atoms with van der Waals surface area (Å²) in [6.07, 6.45) is 3.33. The second-order valence-electron chi connectivity index (χ2n) is 7.80. The molecule has 2 aromatic carbocycles. The number of rotatable bonds is 3. The van der Waals surface area contributed by atoms with E-state index in [0.29, 0.717) is 25.2 Å². The van der Waals surface area contributed by atoms with Gasteiger partial charge in [-0.2, -0.15) is 0 Å². The average Bonchev–Trinajstić information content (AvgIpc) is 3.53. The van der Waals surface area contributed by atoms with Crippen molar-refractivity contribution in [2.24, 2.45) is 0 Å². The number of pyridine rings is 1. The van der Waals surface area contributed by atoms with Crippen molar-refractivity contribution in [2.75, 3.05) is 6.54 Å². The molecular weight excluding hydrogens is 402 g/mol. The fraction of sp³-hybridized carbons (Fsp3) is 0.120. The van der Waals surface area contributed by atoms with Crippen LogP contribution in [0.25, 0.3) is 33.5 Å². The number of amides is 1. The molecule has 0 saturated carbocycles. The number of aromatic nitrogens is 4. The molecule has 4 heterocycles. The van der Waals surface area contributed by atoms with Crippen molar-refractivity contribution in [1.82, 2.24) is 24.6 Å². The molecule has 32 heavy (non-hydrogen) atoms. The van der Waals surface area contributed by atoms with E-state index in [4.69, 9.17) is 9.40 Å². The number of carbonyl (C=O) groups is 1. The topological polar surface area (TPSA) is 77.0 Å². The molecule has 0 spiro atoms. The Hall–Kier alpha value is -4.26. The van der Waals surface area contributed by atoms with Crippen LogP contribution in [0.4, 0.5) is 0 Å². The lowest BCUT2D eigenvalue weighted by molar-refractivity contribution is 0.0708. The van der Waals surface area contributed by atoms with Crippen LogP contribution in [0.5, 0.6) is 0 Å². The lowest BCUT2D eigenvalue weighted by Gasteiger charge is -2.28. The Morgan fingerprint density at radius 2 is 1.75 bits per heavy atom. The molecule has 0 saturated heterocycles. The van der Waals surface area contributed by atoms with Crippen LogP contribution in [0.15, 0.2) is 83.7 Å². The highest BCUT2D eigenvalue weighted by molar-refractivity contribution is 5.94. The van der Waals surface area contributed by atoms with Gasteiger partial charge in [0.2, 0.25) is 0 Å². The van der Waals surface area contributed by atoms with Crippen molar-refractivity contribution < 1.29 is 9.21 Å². The third-order valence-electron chi connectivity index (χ3n) is 5.85. The third kappa shape index (κ3) is 3.15. The molecular formula is C25H19N5O2. The van der Waals surface area contributed by atoms with Gasteiger partial charge >= 0.3 is 0 Å². The fourth-order valence-corrected chi connectivity index (χ4v) is 4.13. The van der Waals surface area contributed by atoms with E-state index in [9.17, 15) is 4.79 Å². The van der Waals surface area contributed by atoms with Gasteiger partial charge in [-0.05, 0) is 35.9 Å². The average molecular weight is 421 g/mol. The number of furan rings is 1. The molecule has 0 radical (unpaired) electrons. The van der Waals surface area contributed by atoms with Crippen LogP contribution in [0, 0.1) is 0 Å². The molecule has 0 bridgehead atoms. The maximum absolute atomic E-state index is 13.1. The summed E-state index contributed by atoms with van der Waals surface area (Å²) in [7, 11) is 0. The van der Waals surface area contributed by atoms with Crippen LogP contribution >= 0.6 is 0 Å². The minimum absolute atomic E-state index is 0.0108. The molecule has 3 aromatic heterocycles. The molecule has 0 unspecified atom stereocenters. The van der Waals surface area contributed by atoms with E-state index in [1.54, 1.807) is 12.5 Å². The number of hydrogen-bond donors (Lipinski definition) is 0. The molecule has 0 atom stereocenters. The SMILES string of the molecule is O=C(c1ccc(-c2ccoc2)cc1)N1CCn2c(nnc2-c2ccc3ccccc3n2)C1. The molecule has 0 N–H and O–H groups in total. The van der Waals surface area contributed by atoms with Gasteiger partial charge in [0.25, 0.3) is 5.91 Å². The highest BCUT2D eigenvalue weighted by atomic mass is 16.3. The highest BCUT2D eigenvalue weighted by Crippen LogP contribution is 2.25. The lowest BCUT2D eigenvalue weighted by Crippen LogP contribution is -2.38. The highest BCUT2D eigenvalue weighted by Gasteiger charge is 2.26. The van der Waals surface area contributed by atoms with Crippen molar-refractivity contribution in [3.05, 3.63) is 90.6 Å². The molecule has 1 aliphatic heterocycles. The summed E-state index contributed by atoms with van der Waals surface area (Å²) in [4.78, 5) is 19.6. The van der Waals surface area contributed by atoms with Crippen molar-refractivity contribution in [2.45, 2.75) is 13.1 Å². The summed E-state index contributed by atoms with van der Waals surface area (Å²) in [6.45, 7) is 1.64. The Balaban J connectivity index is 1.23. The van der Waals surface area contributed by atoms with Gasteiger partial charge in [0.1, 0.15) is 5.69 Å². The van der Waals surface area contributed by atoms with E-state index in [1.165, 1.54) is 0 Å². The molecule has 1 amide bonds. The fourth-order valence-electron chi connectivity index (χ4n) is 4.13. The minimum Gasteiger partial charge on any atom is -0.472 e. The quantitative estimate of drug-likeness (QED) is 0.431. The van der Waals surface area contributed by atoms with Crippen LogP contribution in [0.2, 0.25) is 0 Å². The van der Waals surface area contributed by atoms with Gasteiger partial charge < -0.3 is 13.9 Å². The standard InChI is InChI=1S/C25H19N5O2/c31-25(19-7-5-17(6-8-19)20-11-14-32-16-20)29-12-13-30-23(15-29)27-28-24(30)22-10-9-18-3-1-2-4-21(18)26-22/h1-11,14,16H,12-13,15H2. The van der Waals surface area contributed by atoms with Gasteiger partial charge in [-0.15, -0.1) is 10.2 Å². The van der Waals surface area contributed by atoms with Gasteiger partial charge in [0.05, 0.1) is 24.6 Å². The van der Waals surface area contributed by atoms with Crippen LogP contribution in [0.1, 0.15) is 16.2 Å². The van der Waals surface area contributed by atoms with Crippen molar-refractivity contribution in [3.63, 3.8) is 0 Å². The number of carbonyl (C=O) groups excluding carboxylic acids is 1. The van der Waals surface area contributed by atoms with Gasteiger partial charge in [-0.1, -0.05) is 36.4 Å². The summed E-state index contributed by atoms with van der Waals surface area (Å²) >= 11 is 0. The van der Waals surface area contributed by atoms with Crippen molar-refractivity contribution in [3.8, 4) is 22.6 Å². The first kappa shape index (κ1) is 18.5. The zero-order valence-electron chi connectivity index (χ0n) is 17.2. The molecule has 6 rings (SSSR count). The summed E-state index contributed by atoms with van der Waals surface area (Å²) in [5, 5.41) is 9.83. The zero-order chi connectivity index (χ0) is 21.5. The van der Waals surface area contributed by atoms with Gasteiger partial charge in [0, 0.05) is 29.6 Å². The smallest absolute Gasteiger partial charge is 0.254 e. The predicted octanol–water partition coefficient (Wildman–Crippen LogP) is 4.41. The summed E-state index contributed by atoms with van der Waals surface area (Å²) < 4.78 is 7.19. The monoisotopic (exact) mass is 421 g/mol. The Kier molecular flexibility index (Phi) is 4.31. The second kappa shape index (κ2) is 7.46. The molecule has 7 heteroatoms. The minimum atomic E-state index is -0.0108. The van der Waals surface area contributed by atoms with E-state index < -0.39 is 0 Å². The predicted molar refractivity (Wildman–Crippen MR) is 120 cm³/mol. The molecule has 1 aliphatic rings. The Bertz CT molecular complexity index is 1420. The molecule has 7 nitrogen and oxygen atoms in total. The first-order valence-electron chi connectivity index (χ1n) is 10.5. The number of benzene rings is 2. The summed E-state index contributed by atoms with van der Waals surface area (Å²) in [5.41, 5.74) is 4.37. The maximum atomic E-state index is 13.1. The first-order valence-corrected chi connectivity index (χ1v) is 10.5.